The molecule has 2 aromatic carbocycles. The Bertz CT molecular complexity index is 920. The Morgan fingerprint density at radius 3 is 1.97 bits per heavy atom. The maximum Gasteiger partial charge on any atom is 0.123 e. The van der Waals surface area contributed by atoms with Gasteiger partial charge >= 0.3 is 0 Å². The first-order chi connectivity index (χ1) is 16.5. The van der Waals surface area contributed by atoms with Crippen molar-refractivity contribution in [3.63, 3.8) is 0 Å². The number of carbonyl (C=O) groups is 1. The van der Waals surface area contributed by atoms with Gasteiger partial charge in [0.15, 0.2) is 0 Å². The number of hydrogen-bond acceptors (Lipinski definition) is 5. The molecule has 1 N–H and O–H groups in total. The molecule has 35 heavy (non-hydrogen) atoms. The van der Waals surface area contributed by atoms with Crippen LogP contribution < -0.4 is 0 Å². The van der Waals surface area contributed by atoms with Gasteiger partial charge in [0, 0.05) is 67.0 Å². The summed E-state index contributed by atoms with van der Waals surface area (Å²) >= 11 is 1.87. The zero-order valence-corrected chi connectivity index (χ0v) is 23.3. The van der Waals surface area contributed by atoms with Crippen LogP contribution >= 0.6 is 11.8 Å². The molecule has 1 heterocycles. The van der Waals surface area contributed by atoms with Gasteiger partial charge in [-0.25, -0.2) is 0 Å². The quantitative estimate of drug-likeness (QED) is 0.329. The van der Waals surface area contributed by atoms with Crippen molar-refractivity contribution in [2.24, 2.45) is 0 Å². The van der Waals surface area contributed by atoms with E-state index in [4.69, 9.17) is 0 Å². The minimum absolute atomic E-state index is 0.145. The van der Waals surface area contributed by atoms with Crippen LogP contribution in [0.3, 0.4) is 0 Å². The minimum atomic E-state index is -0.145. The SMILES string of the molecule is CC(C)(C)c1cc(SC(CCC=O)CN2CCN(Cc3ccccc3)CC2)cc(C(C)(C)C)c1O. The predicted molar refractivity (Wildman–Crippen MR) is 149 cm³/mol. The third-order valence-corrected chi connectivity index (χ3v) is 8.01. The summed E-state index contributed by atoms with van der Waals surface area (Å²) in [7, 11) is 0. The summed E-state index contributed by atoms with van der Waals surface area (Å²) in [5, 5.41) is 11.4. The Balaban J connectivity index is 1.71. The van der Waals surface area contributed by atoms with Crippen molar-refractivity contribution in [3.8, 4) is 5.75 Å². The lowest BCUT2D eigenvalue weighted by molar-refractivity contribution is -0.107. The molecule has 0 spiro atoms. The van der Waals surface area contributed by atoms with Crippen molar-refractivity contribution < 1.29 is 9.90 Å². The van der Waals surface area contributed by atoms with Gasteiger partial charge in [-0.2, -0.15) is 0 Å². The summed E-state index contributed by atoms with van der Waals surface area (Å²) in [6, 6.07) is 15.0. The van der Waals surface area contributed by atoms with E-state index in [1.165, 1.54) is 10.5 Å². The topological polar surface area (TPSA) is 43.8 Å². The fraction of sp³-hybridized carbons (Fsp3) is 0.567. The van der Waals surface area contributed by atoms with E-state index < -0.39 is 0 Å². The van der Waals surface area contributed by atoms with Crippen molar-refractivity contribution in [2.75, 3.05) is 32.7 Å². The number of piperazine rings is 1. The predicted octanol–water partition coefficient (Wildman–Crippen LogP) is 6.24. The molecule has 0 aromatic heterocycles. The maximum atomic E-state index is 11.2. The molecule has 1 fully saturated rings. The largest absolute Gasteiger partial charge is 0.507 e. The Morgan fingerprint density at radius 1 is 0.914 bits per heavy atom. The standard InChI is InChI=1S/C30H44N2O2S/c1-29(2,3)26-19-25(20-27(28(26)34)30(4,5)6)35-24(13-10-18-33)22-32-16-14-31(15-17-32)21-23-11-8-7-9-12-23/h7-9,11-12,18-20,24,34H,10,13-17,21-22H2,1-6H3. The van der Waals surface area contributed by atoms with E-state index in [0.717, 1.165) is 63.1 Å². The number of aldehydes is 1. The first-order valence-electron chi connectivity index (χ1n) is 12.9. The molecular formula is C30H44N2O2S. The number of rotatable bonds is 9. The first kappa shape index (κ1) is 27.8. The second kappa shape index (κ2) is 11.9. The average molecular weight is 497 g/mol. The highest BCUT2D eigenvalue weighted by molar-refractivity contribution is 8.00. The molecule has 3 rings (SSSR count). The van der Waals surface area contributed by atoms with Crippen LogP contribution in [0.1, 0.15) is 71.1 Å². The molecule has 0 bridgehead atoms. The van der Waals surface area contributed by atoms with Gasteiger partial charge in [0.1, 0.15) is 12.0 Å². The number of phenols is 1. The smallest absolute Gasteiger partial charge is 0.123 e. The second-order valence-electron chi connectivity index (χ2n) is 11.9. The Hall–Kier alpha value is -1.82. The molecule has 1 aliphatic rings. The molecule has 0 saturated carbocycles. The highest BCUT2D eigenvalue weighted by Gasteiger charge is 2.28. The zero-order valence-electron chi connectivity index (χ0n) is 22.5. The van der Waals surface area contributed by atoms with E-state index in [9.17, 15) is 9.90 Å². The summed E-state index contributed by atoms with van der Waals surface area (Å²) in [4.78, 5) is 17.5. The lowest BCUT2D eigenvalue weighted by Crippen LogP contribution is -2.47. The Labute approximate surface area is 217 Å². The normalized spacial score (nSPS) is 16.9. The molecule has 5 heteroatoms. The molecule has 192 valence electrons. The van der Waals surface area contributed by atoms with Crippen molar-refractivity contribution in [1.82, 2.24) is 9.80 Å². The van der Waals surface area contributed by atoms with Crippen LogP contribution in [0.5, 0.6) is 5.75 Å². The number of aromatic hydroxyl groups is 1. The van der Waals surface area contributed by atoms with Gasteiger partial charge in [0.25, 0.3) is 0 Å². The van der Waals surface area contributed by atoms with Gasteiger partial charge < -0.3 is 9.90 Å². The van der Waals surface area contributed by atoms with Crippen molar-refractivity contribution >= 4 is 18.0 Å². The van der Waals surface area contributed by atoms with Gasteiger partial charge in [-0.05, 0) is 34.9 Å². The van der Waals surface area contributed by atoms with Crippen LogP contribution in [0.25, 0.3) is 0 Å². The lowest BCUT2D eigenvalue weighted by atomic mass is 9.79. The summed E-state index contributed by atoms with van der Waals surface area (Å²) in [5.74, 6) is 0.424. The van der Waals surface area contributed by atoms with Gasteiger partial charge in [-0.1, -0.05) is 71.9 Å². The van der Waals surface area contributed by atoms with E-state index in [1.807, 2.05) is 11.8 Å². The Morgan fingerprint density at radius 2 is 1.46 bits per heavy atom. The molecule has 2 aromatic rings. The van der Waals surface area contributed by atoms with Gasteiger partial charge in [-0.15, -0.1) is 11.8 Å². The zero-order chi connectivity index (χ0) is 25.6. The highest BCUT2D eigenvalue weighted by atomic mass is 32.2. The second-order valence-corrected chi connectivity index (χ2v) is 13.3. The van der Waals surface area contributed by atoms with Gasteiger partial charge in [0.05, 0.1) is 0 Å². The van der Waals surface area contributed by atoms with Crippen molar-refractivity contribution in [1.29, 1.82) is 0 Å². The van der Waals surface area contributed by atoms with Gasteiger partial charge in [-0.3, -0.25) is 9.80 Å². The summed E-state index contributed by atoms with van der Waals surface area (Å²) in [5.41, 5.74) is 3.08. The van der Waals surface area contributed by atoms with Crippen LogP contribution in [0.15, 0.2) is 47.4 Å². The molecule has 1 saturated heterocycles. The number of carbonyl (C=O) groups excluding carboxylic acids is 1. The number of phenolic OH excluding ortho intramolecular Hbond substituents is 1. The molecule has 4 nitrogen and oxygen atoms in total. The van der Waals surface area contributed by atoms with Gasteiger partial charge in [0.2, 0.25) is 0 Å². The molecular weight excluding hydrogens is 452 g/mol. The third kappa shape index (κ3) is 8.09. The molecule has 0 radical (unpaired) electrons. The molecule has 1 aliphatic heterocycles. The third-order valence-electron chi connectivity index (χ3n) is 6.78. The first-order valence-corrected chi connectivity index (χ1v) is 13.8. The van der Waals surface area contributed by atoms with E-state index >= 15 is 0 Å². The van der Waals surface area contributed by atoms with E-state index in [2.05, 4.69) is 93.8 Å². The lowest BCUT2D eigenvalue weighted by Gasteiger charge is -2.36. The van der Waals surface area contributed by atoms with E-state index in [0.29, 0.717) is 17.4 Å². The Kier molecular flexibility index (Phi) is 9.47. The highest BCUT2D eigenvalue weighted by Crippen LogP contribution is 2.42. The van der Waals surface area contributed by atoms with Crippen LogP contribution in [0.2, 0.25) is 0 Å². The van der Waals surface area contributed by atoms with Crippen LogP contribution in [-0.2, 0) is 22.2 Å². The molecule has 1 unspecified atom stereocenters. The molecule has 1 atom stereocenters. The number of thioether (sulfide) groups is 1. The average Bonchev–Trinajstić information content (AvgIpc) is 2.79. The van der Waals surface area contributed by atoms with Crippen LogP contribution in [0, 0.1) is 0 Å². The summed E-state index contributed by atoms with van der Waals surface area (Å²) in [6.45, 7) is 19.2. The number of benzene rings is 2. The fourth-order valence-electron chi connectivity index (χ4n) is 4.71. The summed E-state index contributed by atoms with van der Waals surface area (Å²) in [6.07, 6.45) is 2.50. The van der Waals surface area contributed by atoms with Crippen molar-refractivity contribution in [2.45, 2.75) is 81.9 Å². The van der Waals surface area contributed by atoms with Crippen molar-refractivity contribution in [3.05, 3.63) is 59.2 Å². The molecule has 0 aliphatic carbocycles. The molecule has 0 amide bonds. The number of nitrogens with zero attached hydrogens (tertiary/aromatic N) is 2. The number of hydrogen-bond donors (Lipinski definition) is 1. The monoisotopic (exact) mass is 496 g/mol. The van der Waals surface area contributed by atoms with E-state index in [1.54, 1.807) is 0 Å². The minimum Gasteiger partial charge on any atom is -0.507 e. The summed E-state index contributed by atoms with van der Waals surface area (Å²) < 4.78 is 0. The maximum absolute atomic E-state index is 11.2. The van der Waals surface area contributed by atoms with E-state index in [-0.39, 0.29) is 10.8 Å². The fourth-order valence-corrected chi connectivity index (χ4v) is 6.01. The van der Waals surface area contributed by atoms with Crippen LogP contribution in [0.4, 0.5) is 0 Å². The van der Waals surface area contributed by atoms with Crippen LogP contribution in [-0.4, -0.2) is 59.2 Å².